The lowest BCUT2D eigenvalue weighted by Crippen LogP contribution is -2.27. The summed E-state index contributed by atoms with van der Waals surface area (Å²) in [5, 5.41) is 4.32. The Bertz CT molecular complexity index is 1130. The van der Waals surface area contributed by atoms with Crippen molar-refractivity contribution >= 4 is 51.8 Å². The van der Waals surface area contributed by atoms with Crippen molar-refractivity contribution in [3.63, 3.8) is 0 Å². The highest BCUT2D eigenvalue weighted by molar-refractivity contribution is 7.98. The summed E-state index contributed by atoms with van der Waals surface area (Å²) >= 11 is 13.3. The molecule has 3 aromatic rings. The summed E-state index contributed by atoms with van der Waals surface area (Å²) < 4.78 is 1.92. The number of aryl methyl sites for hydroxylation is 2. The van der Waals surface area contributed by atoms with Crippen LogP contribution in [0.3, 0.4) is 0 Å². The van der Waals surface area contributed by atoms with Gasteiger partial charge in [0.15, 0.2) is 0 Å². The number of amides is 1. The van der Waals surface area contributed by atoms with Crippen LogP contribution in [0.2, 0.25) is 10.3 Å². The molecule has 8 heteroatoms. The van der Waals surface area contributed by atoms with Gasteiger partial charge in [-0.25, -0.2) is 4.98 Å². The van der Waals surface area contributed by atoms with Gasteiger partial charge in [-0.15, -0.1) is 0 Å². The number of aromatic nitrogens is 2. The second kappa shape index (κ2) is 8.78. The Kier molecular flexibility index (Phi) is 6.13. The third kappa shape index (κ3) is 4.44. The van der Waals surface area contributed by atoms with E-state index in [4.69, 9.17) is 23.2 Å². The molecule has 1 amide bonds. The Labute approximate surface area is 182 Å². The normalized spacial score (nSPS) is 12.9. The Morgan fingerprint density at radius 3 is 2.79 bits per heavy atom. The largest absolute Gasteiger partial charge is 0.351 e. The molecule has 29 heavy (non-hydrogen) atoms. The number of pyridine rings is 2. The maximum absolute atomic E-state index is 12.9. The lowest BCUT2D eigenvalue weighted by Gasteiger charge is -2.20. The minimum atomic E-state index is -0.250. The first-order chi connectivity index (χ1) is 14.0. The van der Waals surface area contributed by atoms with Crippen molar-refractivity contribution in [1.82, 2.24) is 14.9 Å². The zero-order chi connectivity index (χ0) is 20.4. The van der Waals surface area contributed by atoms with Crippen molar-refractivity contribution in [2.45, 2.75) is 25.1 Å². The van der Waals surface area contributed by atoms with E-state index in [-0.39, 0.29) is 21.8 Å². The van der Waals surface area contributed by atoms with Gasteiger partial charge < -0.3 is 9.88 Å². The standard InChI is InChI=1S/C21H19Cl2N3O2S/c22-17-10-15(11-18(23)25-17)20(27)24-6-8-29-12-16-9-14-4-1-3-13-5-2-7-26(19(13)14)21(16)28/h1,3-4,9-11H,2,5-8,12H2,(H,24,27). The Balaban J connectivity index is 1.37. The van der Waals surface area contributed by atoms with Crippen LogP contribution in [0.4, 0.5) is 0 Å². The van der Waals surface area contributed by atoms with E-state index in [0.29, 0.717) is 23.6 Å². The zero-order valence-corrected chi connectivity index (χ0v) is 17.9. The molecule has 4 rings (SSSR count). The summed E-state index contributed by atoms with van der Waals surface area (Å²) in [5.41, 5.74) is 3.62. The third-order valence-electron chi connectivity index (χ3n) is 4.91. The molecule has 2 aromatic heterocycles. The Morgan fingerprint density at radius 2 is 2.00 bits per heavy atom. The smallest absolute Gasteiger partial charge is 0.255 e. The molecule has 150 valence electrons. The highest BCUT2D eigenvalue weighted by Crippen LogP contribution is 2.25. The molecule has 1 aromatic carbocycles. The second-order valence-electron chi connectivity index (χ2n) is 6.89. The van der Waals surface area contributed by atoms with Crippen molar-refractivity contribution in [3.05, 3.63) is 73.7 Å². The van der Waals surface area contributed by atoms with E-state index in [0.717, 1.165) is 35.9 Å². The van der Waals surface area contributed by atoms with E-state index in [1.54, 1.807) is 11.8 Å². The number of hydrogen-bond acceptors (Lipinski definition) is 4. The number of halogens is 2. The average molecular weight is 448 g/mol. The summed E-state index contributed by atoms with van der Waals surface area (Å²) in [7, 11) is 0. The predicted octanol–water partition coefficient (Wildman–Crippen LogP) is 4.31. The quantitative estimate of drug-likeness (QED) is 0.451. The van der Waals surface area contributed by atoms with E-state index < -0.39 is 0 Å². The zero-order valence-electron chi connectivity index (χ0n) is 15.6. The van der Waals surface area contributed by atoms with Crippen LogP contribution in [0, 0.1) is 0 Å². The van der Waals surface area contributed by atoms with Crippen LogP contribution in [0.15, 0.2) is 41.2 Å². The molecule has 0 unspecified atom stereocenters. The van der Waals surface area contributed by atoms with Crippen LogP contribution in [0.25, 0.3) is 10.9 Å². The first-order valence-electron chi connectivity index (χ1n) is 9.36. The summed E-state index contributed by atoms with van der Waals surface area (Å²) in [6.07, 6.45) is 2.02. The molecule has 0 saturated heterocycles. The number of nitrogens with one attached hydrogen (secondary N) is 1. The highest BCUT2D eigenvalue weighted by Gasteiger charge is 2.16. The third-order valence-corrected chi connectivity index (χ3v) is 6.31. The molecular formula is C21H19Cl2N3O2S. The first kappa shape index (κ1) is 20.3. The number of carbonyl (C=O) groups excluding carboxylic acids is 1. The van der Waals surface area contributed by atoms with Gasteiger partial charge in [-0.1, -0.05) is 41.4 Å². The molecule has 5 nitrogen and oxygen atoms in total. The molecule has 0 saturated carbocycles. The number of thioether (sulfide) groups is 1. The second-order valence-corrected chi connectivity index (χ2v) is 8.77. The molecule has 1 aliphatic heterocycles. The number of benzene rings is 1. The van der Waals surface area contributed by atoms with Gasteiger partial charge in [0.1, 0.15) is 10.3 Å². The van der Waals surface area contributed by atoms with Crippen LogP contribution in [-0.2, 0) is 18.7 Å². The summed E-state index contributed by atoms with van der Waals surface area (Å²) in [6, 6.07) is 11.2. The van der Waals surface area contributed by atoms with Crippen molar-refractivity contribution in [2.24, 2.45) is 0 Å². The Hall–Kier alpha value is -2.02. The lowest BCUT2D eigenvalue weighted by atomic mass is 10.0. The molecule has 0 atom stereocenters. The molecule has 0 radical (unpaired) electrons. The molecule has 0 aliphatic carbocycles. The molecule has 0 spiro atoms. The first-order valence-corrected chi connectivity index (χ1v) is 11.3. The van der Waals surface area contributed by atoms with E-state index in [2.05, 4.69) is 28.5 Å². The minimum Gasteiger partial charge on any atom is -0.351 e. The van der Waals surface area contributed by atoms with Crippen LogP contribution >= 0.6 is 35.0 Å². The molecular weight excluding hydrogens is 429 g/mol. The van der Waals surface area contributed by atoms with Crippen molar-refractivity contribution in [2.75, 3.05) is 12.3 Å². The Morgan fingerprint density at radius 1 is 1.21 bits per heavy atom. The van der Waals surface area contributed by atoms with Crippen LogP contribution in [-0.4, -0.2) is 27.8 Å². The van der Waals surface area contributed by atoms with E-state index in [1.807, 2.05) is 10.6 Å². The molecule has 0 fully saturated rings. The maximum Gasteiger partial charge on any atom is 0.255 e. The van der Waals surface area contributed by atoms with Crippen molar-refractivity contribution < 1.29 is 4.79 Å². The molecule has 1 N–H and O–H groups in total. The van der Waals surface area contributed by atoms with Gasteiger partial charge in [-0.05, 0) is 42.0 Å². The van der Waals surface area contributed by atoms with Crippen LogP contribution in [0.5, 0.6) is 0 Å². The fourth-order valence-corrected chi connectivity index (χ4v) is 4.92. The van der Waals surface area contributed by atoms with Gasteiger partial charge in [-0.3, -0.25) is 9.59 Å². The summed E-state index contributed by atoms with van der Waals surface area (Å²) in [6.45, 7) is 1.25. The predicted molar refractivity (Wildman–Crippen MR) is 119 cm³/mol. The SMILES string of the molecule is O=C(NCCSCc1cc2cccc3c2n(c1=O)CCC3)c1cc(Cl)nc(Cl)c1. The van der Waals surface area contributed by atoms with E-state index >= 15 is 0 Å². The molecule has 1 aliphatic rings. The highest BCUT2D eigenvalue weighted by atomic mass is 35.5. The van der Waals surface area contributed by atoms with E-state index in [1.165, 1.54) is 17.7 Å². The summed E-state index contributed by atoms with van der Waals surface area (Å²) in [4.78, 5) is 28.9. The van der Waals surface area contributed by atoms with Gasteiger partial charge in [0.2, 0.25) is 0 Å². The summed E-state index contributed by atoms with van der Waals surface area (Å²) in [5.74, 6) is 1.05. The van der Waals surface area contributed by atoms with Gasteiger partial charge >= 0.3 is 0 Å². The number of rotatable bonds is 6. The monoisotopic (exact) mass is 447 g/mol. The minimum absolute atomic E-state index is 0.0993. The number of para-hydroxylation sites is 1. The van der Waals surface area contributed by atoms with Crippen LogP contribution < -0.4 is 10.9 Å². The molecule has 0 bridgehead atoms. The van der Waals surface area contributed by atoms with E-state index in [9.17, 15) is 9.59 Å². The lowest BCUT2D eigenvalue weighted by molar-refractivity contribution is 0.0956. The fraction of sp³-hybridized carbons (Fsp3) is 0.286. The fourth-order valence-electron chi connectivity index (χ4n) is 3.64. The molecule has 3 heterocycles. The topological polar surface area (TPSA) is 64.0 Å². The van der Waals surface area contributed by atoms with Crippen molar-refractivity contribution in [3.8, 4) is 0 Å². The number of hydrogen-bond donors (Lipinski definition) is 1. The van der Waals surface area contributed by atoms with Gasteiger partial charge in [0.25, 0.3) is 11.5 Å². The van der Waals surface area contributed by atoms with Gasteiger partial charge in [0, 0.05) is 35.7 Å². The average Bonchev–Trinajstić information content (AvgIpc) is 2.70. The van der Waals surface area contributed by atoms with Gasteiger partial charge in [-0.2, -0.15) is 11.8 Å². The van der Waals surface area contributed by atoms with Crippen molar-refractivity contribution in [1.29, 1.82) is 0 Å². The number of nitrogens with zero attached hydrogens (tertiary/aromatic N) is 2. The maximum atomic E-state index is 12.9. The number of carbonyl (C=O) groups is 1. The van der Waals surface area contributed by atoms with Gasteiger partial charge in [0.05, 0.1) is 5.52 Å². The van der Waals surface area contributed by atoms with Crippen LogP contribution in [0.1, 0.15) is 27.9 Å².